The Balaban J connectivity index is 2.27. The van der Waals surface area contributed by atoms with Gasteiger partial charge in [0.1, 0.15) is 12.4 Å². The van der Waals surface area contributed by atoms with Crippen LogP contribution >= 0.6 is 27.5 Å². The largest absolute Gasteiger partial charge is 0.487 e. The molecule has 0 radical (unpaired) electrons. The van der Waals surface area contributed by atoms with Gasteiger partial charge in [-0.3, -0.25) is 4.68 Å². The molecule has 0 amide bonds. The van der Waals surface area contributed by atoms with Crippen molar-refractivity contribution in [3.05, 3.63) is 44.1 Å². The molecule has 108 valence electrons. The van der Waals surface area contributed by atoms with E-state index in [1.165, 1.54) is 0 Å². The third kappa shape index (κ3) is 3.00. The lowest BCUT2D eigenvalue weighted by Crippen LogP contribution is -2.06. The molecule has 1 aromatic heterocycles. The van der Waals surface area contributed by atoms with E-state index < -0.39 is 0 Å². The van der Waals surface area contributed by atoms with Crippen molar-refractivity contribution in [1.29, 1.82) is 0 Å². The van der Waals surface area contributed by atoms with E-state index in [0.717, 1.165) is 27.0 Å². The van der Waals surface area contributed by atoms with Gasteiger partial charge >= 0.3 is 0 Å². The molecule has 0 atom stereocenters. The Labute approximate surface area is 131 Å². The summed E-state index contributed by atoms with van der Waals surface area (Å²) in [5.74, 6) is 0.686. The first-order chi connectivity index (χ1) is 9.43. The van der Waals surface area contributed by atoms with Crippen molar-refractivity contribution >= 4 is 27.5 Å². The van der Waals surface area contributed by atoms with Gasteiger partial charge in [-0.2, -0.15) is 5.10 Å². The molecule has 6 heteroatoms. The second-order valence-corrected chi connectivity index (χ2v) is 5.92. The second kappa shape index (κ2) is 6.16. The van der Waals surface area contributed by atoms with E-state index in [4.69, 9.17) is 16.3 Å². The summed E-state index contributed by atoms with van der Waals surface area (Å²) < 4.78 is 8.48. The number of benzene rings is 1. The van der Waals surface area contributed by atoms with Crippen LogP contribution in [0.5, 0.6) is 5.75 Å². The Bertz CT molecular complexity index is 641. The van der Waals surface area contributed by atoms with E-state index in [0.29, 0.717) is 17.4 Å². The smallest absolute Gasteiger partial charge is 0.131 e. The van der Waals surface area contributed by atoms with E-state index in [9.17, 15) is 5.11 Å². The first kappa shape index (κ1) is 15.4. The molecule has 0 aliphatic carbocycles. The molecule has 2 rings (SSSR count). The maximum atomic E-state index is 9.43. The Hall–Kier alpha value is -1.04. The van der Waals surface area contributed by atoms with Crippen LogP contribution in [-0.2, 0) is 20.3 Å². The third-order valence-electron chi connectivity index (χ3n) is 3.10. The van der Waals surface area contributed by atoms with Gasteiger partial charge in [0.15, 0.2) is 0 Å². The molecule has 0 saturated carbocycles. The molecular formula is C14H16BrClN2O2. The molecule has 4 nitrogen and oxygen atoms in total. The highest BCUT2D eigenvalue weighted by Crippen LogP contribution is 2.30. The monoisotopic (exact) mass is 358 g/mol. The van der Waals surface area contributed by atoms with Crippen molar-refractivity contribution in [1.82, 2.24) is 9.78 Å². The van der Waals surface area contributed by atoms with Crippen molar-refractivity contribution in [2.24, 2.45) is 7.05 Å². The number of nitrogens with zero attached hydrogens (tertiary/aromatic N) is 2. The molecule has 20 heavy (non-hydrogen) atoms. The van der Waals surface area contributed by atoms with E-state index in [2.05, 4.69) is 21.0 Å². The van der Waals surface area contributed by atoms with Gasteiger partial charge in [-0.1, -0.05) is 27.5 Å². The predicted molar refractivity (Wildman–Crippen MR) is 82.1 cm³/mol. The molecule has 0 aliphatic heterocycles. The van der Waals surface area contributed by atoms with Crippen LogP contribution in [0.1, 0.15) is 22.5 Å². The van der Waals surface area contributed by atoms with E-state index in [1.807, 2.05) is 33.0 Å². The summed E-state index contributed by atoms with van der Waals surface area (Å²) in [6.07, 6.45) is 0. The van der Waals surface area contributed by atoms with Gasteiger partial charge in [0.25, 0.3) is 0 Å². The summed E-state index contributed by atoms with van der Waals surface area (Å²) in [7, 11) is 1.83. The lowest BCUT2D eigenvalue weighted by Gasteiger charge is -2.14. The number of aryl methyl sites for hydroxylation is 3. The average molecular weight is 360 g/mol. The Morgan fingerprint density at radius 2 is 2.10 bits per heavy atom. The molecule has 0 aliphatic rings. The number of ether oxygens (including phenoxy) is 1. The summed E-state index contributed by atoms with van der Waals surface area (Å²) in [5.41, 5.74) is 3.29. The van der Waals surface area contributed by atoms with Crippen LogP contribution < -0.4 is 4.74 Å². The van der Waals surface area contributed by atoms with Gasteiger partial charge in [-0.05, 0) is 31.5 Å². The van der Waals surface area contributed by atoms with Crippen LogP contribution in [0.3, 0.4) is 0 Å². The minimum Gasteiger partial charge on any atom is -0.487 e. The summed E-state index contributed by atoms with van der Waals surface area (Å²) in [4.78, 5) is 0. The van der Waals surface area contributed by atoms with Crippen molar-refractivity contribution < 1.29 is 9.84 Å². The van der Waals surface area contributed by atoms with Crippen molar-refractivity contribution in [2.45, 2.75) is 27.1 Å². The Morgan fingerprint density at radius 3 is 2.65 bits per heavy atom. The molecule has 0 spiro atoms. The average Bonchev–Trinajstić information content (AvgIpc) is 2.62. The summed E-state index contributed by atoms with van der Waals surface area (Å²) in [5, 5.41) is 14.3. The normalized spacial score (nSPS) is 10.9. The number of rotatable bonds is 4. The van der Waals surface area contributed by atoms with Crippen molar-refractivity contribution in [3.63, 3.8) is 0 Å². The lowest BCUT2D eigenvalue weighted by molar-refractivity contribution is 0.254. The summed E-state index contributed by atoms with van der Waals surface area (Å²) >= 11 is 9.61. The lowest BCUT2D eigenvalue weighted by atomic mass is 10.1. The zero-order valence-electron chi connectivity index (χ0n) is 11.6. The fraction of sp³-hybridized carbons (Fsp3) is 0.357. The highest BCUT2D eigenvalue weighted by molar-refractivity contribution is 9.10. The zero-order valence-corrected chi connectivity index (χ0v) is 13.9. The standard InChI is InChI=1S/C14H16BrClN2O2/c1-8-4-11(15)5-10(6-19)14(8)20-7-12-13(16)9(2)17-18(12)3/h4-5,19H,6-7H2,1-3H3. The first-order valence-corrected chi connectivity index (χ1v) is 7.31. The van der Waals surface area contributed by atoms with Crippen molar-refractivity contribution in [3.8, 4) is 5.75 Å². The summed E-state index contributed by atoms with van der Waals surface area (Å²) in [6.45, 7) is 4.03. The van der Waals surface area contributed by atoms with E-state index >= 15 is 0 Å². The van der Waals surface area contributed by atoms with Crippen LogP contribution in [0.4, 0.5) is 0 Å². The van der Waals surface area contributed by atoms with Gasteiger partial charge in [0.2, 0.25) is 0 Å². The molecule has 0 fully saturated rings. The zero-order chi connectivity index (χ0) is 14.9. The van der Waals surface area contributed by atoms with Crippen molar-refractivity contribution in [2.75, 3.05) is 0 Å². The first-order valence-electron chi connectivity index (χ1n) is 6.14. The fourth-order valence-corrected chi connectivity index (χ4v) is 2.94. The minimum absolute atomic E-state index is 0.0756. The predicted octanol–water partition coefficient (Wildman–Crippen LogP) is 3.52. The highest BCUT2D eigenvalue weighted by atomic mass is 79.9. The number of halogens is 2. The molecule has 1 heterocycles. The van der Waals surface area contributed by atoms with Gasteiger partial charge < -0.3 is 9.84 Å². The Morgan fingerprint density at radius 1 is 1.40 bits per heavy atom. The molecule has 0 unspecified atom stereocenters. The van der Waals surface area contributed by atoms with E-state index in [-0.39, 0.29) is 6.61 Å². The molecule has 2 aromatic rings. The second-order valence-electron chi connectivity index (χ2n) is 4.63. The van der Waals surface area contributed by atoms with Crippen LogP contribution in [-0.4, -0.2) is 14.9 Å². The summed E-state index contributed by atoms with van der Waals surface area (Å²) in [6, 6.07) is 3.79. The number of hydrogen-bond acceptors (Lipinski definition) is 3. The van der Waals surface area contributed by atoms with Crippen LogP contribution in [0.25, 0.3) is 0 Å². The maximum Gasteiger partial charge on any atom is 0.131 e. The number of hydrogen-bond donors (Lipinski definition) is 1. The highest BCUT2D eigenvalue weighted by Gasteiger charge is 2.14. The van der Waals surface area contributed by atoms with E-state index in [1.54, 1.807) is 4.68 Å². The Kier molecular flexibility index (Phi) is 4.73. The van der Waals surface area contributed by atoms with Gasteiger partial charge in [0, 0.05) is 17.1 Å². The number of aliphatic hydroxyl groups is 1. The van der Waals surface area contributed by atoms with Crippen LogP contribution in [0.2, 0.25) is 5.02 Å². The molecule has 1 N–H and O–H groups in total. The van der Waals surface area contributed by atoms with Gasteiger partial charge in [0.05, 0.1) is 23.0 Å². The molecule has 0 bridgehead atoms. The third-order valence-corrected chi connectivity index (χ3v) is 4.05. The maximum absolute atomic E-state index is 9.43. The number of aromatic nitrogens is 2. The molecular weight excluding hydrogens is 344 g/mol. The number of aliphatic hydroxyl groups excluding tert-OH is 1. The van der Waals surface area contributed by atoms with Gasteiger partial charge in [-0.15, -0.1) is 0 Å². The van der Waals surface area contributed by atoms with Crippen LogP contribution in [0.15, 0.2) is 16.6 Å². The SMILES string of the molecule is Cc1cc(Br)cc(CO)c1OCc1c(Cl)c(C)nn1C. The molecule has 0 saturated heterocycles. The molecule has 1 aromatic carbocycles. The van der Waals surface area contributed by atoms with Crippen LogP contribution in [0, 0.1) is 13.8 Å². The quantitative estimate of drug-likeness (QED) is 0.908. The fourth-order valence-electron chi connectivity index (χ4n) is 2.10. The minimum atomic E-state index is -0.0756. The topological polar surface area (TPSA) is 47.3 Å². The van der Waals surface area contributed by atoms with Gasteiger partial charge in [-0.25, -0.2) is 0 Å².